The van der Waals surface area contributed by atoms with E-state index in [0.29, 0.717) is 6.42 Å². The molecule has 1 N–H and O–H groups in total. The number of rotatable bonds is 4. The van der Waals surface area contributed by atoms with Crippen molar-refractivity contribution in [2.75, 3.05) is 6.54 Å². The summed E-state index contributed by atoms with van der Waals surface area (Å²) in [5.41, 5.74) is 0.736. The zero-order chi connectivity index (χ0) is 19.8. The van der Waals surface area contributed by atoms with Crippen molar-refractivity contribution in [2.24, 2.45) is 5.41 Å². The van der Waals surface area contributed by atoms with Gasteiger partial charge in [0.25, 0.3) is 0 Å². The quantitative estimate of drug-likeness (QED) is 0.650. The molecule has 2 heterocycles. The van der Waals surface area contributed by atoms with E-state index in [4.69, 9.17) is 0 Å². The van der Waals surface area contributed by atoms with Crippen LogP contribution >= 0.6 is 22.6 Å². The molecule has 0 bridgehead atoms. The molecule has 148 valence electrons. The van der Waals surface area contributed by atoms with Gasteiger partial charge in [0, 0.05) is 43.0 Å². The van der Waals surface area contributed by atoms with Gasteiger partial charge in [0.1, 0.15) is 9.93 Å². The number of aliphatic hydroxyl groups is 1. The number of aromatic nitrogens is 2. The van der Waals surface area contributed by atoms with Crippen molar-refractivity contribution >= 4 is 28.5 Å². The smallest absolute Gasteiger partial charge is 0.248 e. The lowest BCUT2D eigenvalue weighted by Gasteiger charge is -2.51. The summed E-state index contributed by atoms with van der Waals surface area (Å²) >= 11 is 2.07. The lowest BCUT2D eigenvalue weighted by Crippen LogP contribution is -2.57. The Labute approximate surface area is 171 Å². The molecule has 2 atom stereocenters. The summed E-state index contributed by atoms with van der Waals surface area (Å²) in [5.74, 6) is -3.10. The molecule has 3 rings (SSSR count). The molecular weight excluding hydrogens is 467 g/mol. The number of hydrogen-bond acceptors (Lipinski definition) is 4. The van der Waals surface area contributed by atoms with Crippen LogP contribution in [-0.2, 0) is 4.79 Å². The molecule has 27 heavy (non-hydrogen) atoms. The lowest BCUT2D eigenvalue weighted by molar-refractivity contribution is -0.162. The third-order valence-electron chi connectivity index (χ3n) is 5.88. The van der Waals surface area contributed by atoms with Crippen LogP contribution in [0.5, 0.6) is 0 Å². The highest BCUT2D eigenvalue weighted by Gasteiger charge is 2.53. The van der Waals surface area contributed by atoms with Crippen LogP contribution < -0.4 is 0 Å². The first-order valence-corrected chi connectivity index (χ1v) is 10.3. The highest BCUT2D eigenvalue weighted by molar-refractivity contribution is 14.1. The Morgan fingerprint density at radius 3 is 2.52 bits per heavy atom. The molecule has 1 aliphatic carbocycles. The van der Waals surface area contributed by atoms with E-state index in [2.05, 4.69) is 32.6 Å². The van der Waals surface area contributed by atoms with Crippen LogP contribution in [0.4, 0.5) is 8.78 Å². The summed E-state index contributed by atoms with van der Waals surface area (Å²) in [6.45, 7) is 4.08. The summed E-state index contributed by atoms with van der Waals surface area (Å²) in [6.07, 6.45) is 4.18. The van der Waals surface area contributed by atoms with E-state index in [1.54, 1.807) is 18.5 Å². The minimum Gasteiger partial charge on any atom is -0.373 e. The topological polar surface area (TPSA) is 66.3 Å². The maximum atomic E-state index is 13.7. The second kappa shape index (κ2) is 7.69. The predicted octanol–water partition coefficient (Wildman–Crippen LogP) is 3.88. The molecule has 2 aliphatic rings. The van der Waals surface area contributed by atoms with Crippen LogP contribution in [0.25, 0.3) is 0 Å². The normalized spacial score (nSPS) is 25.4. The zero-order valence-electron chi connectivity index (χ0n) is 15.5. The van der Waals surface area contributed by atoms with Gasteiger partial charge >= 0.3 is 0 Å². The summed E-state index contributed by atoms with van der Waals surface area (Å²) in [6, 6.07) is 0. The van der Waals surface area contributed by atoms with E-state index in [9.17, 15) is 18.7 Å². The number of amides is 1. The standard InChI is InChI=1S/C19H24F2IN3O2/c1-3-13-8-16(26)25(11-12(2)14-9-24-15(22)10-23-14)17(27)18(13)4-6-19(20,21)7-5-18/h8-10,12,17,27H,3-7,11H2,1-2H3. The van der Waals surface area contributed by atoms with E-state index >= 15 is 0 Å². The van der Waals surface area contributed by atoms with Gasteiger partial charge in [0.05, 0.1) is 11.9 Å². The third kappa shape index (κ3) is 4.01. The Kier molecular flexibility index (Phi) is 5.86. The third-order valence-corrected chi connectivity index (χ3v) is 6.44. The Bertz CT molecular complexity index is 729. The number of hydrogen-bond donors (Lipinski definition) is 1. The number of aliphatic hydroxyl groups excluding tert-OH is 1. The monoisotopic (exact) mass is 491 g/mol. The fraction of sp³-hybridized carbons (Fsp3) is 0.632. The molecule has 1 aromatic heterocycles. The number of alkyl halides is 2. The Balaban J connectivity index is 1.85. The van der Waals surface area contributed by atoms with Crippen LogP contribution in [0.3, 0.4) is 0 Å². The molecular formula is C19H24F2IN3O2. The van der Waals surface area contributed by atoms with Crippen LogP contribution in [0.2, 0.25) is 0 Å². The number of carbonyl (C=O) groups is 1. The van der Waals surface area contributed by atoms with Gasteiger partial charge in [-0.15, -0.1) is 0 Å². The van der Waals surface area contributed by atoms with Gasteiger partial charge in [-0.05, 0) is 41.9 Å². The average Bonchev–Trinajstić information content (AvgIpc) is 2.63. The summed E-state index contributed by atoms with van der Waals surface area (Å²) in [5, 5.41) is 11.1. The van der Waals surface area contributed by atoms with Gasteiger partial charge in [-0.1, -0.05) is 19.4 Å². The fourth-order valence-electron chi connectivity index (χ4n) is 4.21. The average molecular weight is 491 g/mol. The minimum absolute atomic E-state index is 0.133. The molecule has 1 aliphatic heterocycles. The van der Waals surface area contributed by atoms with Gasteiger partial charge in [0.15, 0.2) is 0 Å². The van der Waals surface area contributed by atoms with Gasteiger partial charge < -0.3 is 10.0 Å². The van der Waals surface area contributed by atoms with Crippen molar-refractivity contribution in [2.45, 2.75) is 64.0 Å². The number of halogens is 3. The van der Waals surface area contributed by atoms with Crippen molar-refractivity contribution < 1.29 is 18.7 Å². The SMILES string of the molecule is CCC1=CC(=O)N(CC(C)c2cnc(I)cn2)C(O)C12CCC(F)(F)CC2. The molecule has 1 fully saturated rings. The van der Waals surface area contributed by atoms with Gasteiger partial charge in [-0.25, -0.2) is 13.8 Å². The number of nitrogens with zero attached hydrogens (tertiary/aromatic N) is 3. The molecule has 0 radical (unpaired) electrons. The highest BCUT2D eigenvalue weighted by atomic mass is 127. The van der Waals surface area contributed by atoms with E-state index in [0.717, 1.165) is 15.0 Å². The second-order valence-corrected chi connectivity index (χ2v) is 8.67. The first kappa shape index (κ1) is 20.6. The van der Waals surface area contributed by atoms with Crippen molar-refractivity contribution in [3.63, 3.8) is 0 Å². The van der Waals surface area contributed by atoms with Crippen LogP contribution in [0, 0.1) is 9.12 Å². The molecule has 0 aromatic carbocycles. The summed E-state index contributed by atoms with van der Waals surface area (Å²) in [4.78, 5) is 22.6. The molecule has 1 saturated carbocycles. The molecule has 5 nitrogen and oxygen atoms in total. The highest BCUT2D eigenvalue weighted by Crippen LogP contribution is 2.53. The predicted molar refractivity (Wildman–Crippen MR) is 105 cm³/mol. The van der Waals surface area contributed by atoms with Gasteiger partial charge in [0.2, 0.25) is 11.8 Å². The minimum atomic E-state index is -2.69. The number of carbonyl (C=O) groups excluding carboxylic acids is 1. The van der Waals surface area contributed by atoms with Crippen molar-refractivity contribution in [1.29, 1.82) is 0 Å². The summed E-state index contributed by atoms with van der Waals surface area (Å²) < 4.78 is 28.3. The molecule has 0 saturated heterocycles. The molecule has 1 spiro atoms. The van der Waals surface area contributed by atoms with Crippen LogP contribution in [-0.4, -0.2) is 44.6 Å². The van der Waals surface area contributed by atoms with Gasteiger partial charge in [-0.2, -0.15) is 0 Å². The van der Waals surface area contributed by atoms with Gasteiger partial charge in [-0.3, -0.25) is 9.78 Å². The largest absolute Gasteiger partial charge is 0.373 e. The molecule has 2 unspecified atom stereocenters. The Morgan fingerprint density at radius 1 is 1.30 bits per heavy atom. The van der Waals surface area contributed by atoms with E-state index in [1.807, 2.05) is 13.8 Å². The van der Waals surface area contributed by atoms with Crippen LogP contribution in [0.15, 0.2) is 24.0 Å². The Hall–Kier alpha value is -1.16. The fourth-order valence-corrected chi connectivity index (χ4v) is 4.49. The first-order chi connectivity index (χ1) is 12.7. The second-order valence-electron chi connectivity index (χ2n) is 7.56. The molecule has 8 heteroatoms. The van der Waals surface area contributed by atoms with Crippen molar-refractivity contribution in [1.82, 2.24) is 14.9 Å². The first-order valence-electron chi connectivity index (χ1n) is 9.23. The summed E-state index contributed by atoms with van der Waals surface area (Å²) in [7, 11) is 0. The molecule has 1 amide bonds. The molecule has 1 aromatic rings. The van der Waals surface area contributed by atoms with Crippen molar-refractivity contribution in [3.8, 4) is 0 Å². The van der Waals surface area contributed by atoms with Crippen LogP contribution in [0.1, 0.15) is 57.6 Å². The van der Waals surface area contributed by atoms with E-state index in [-0.39, 0.29) is 44.1 Å². The Morgan fingerprint density at radius 2 is 1.96 bits per heavy atom. The lowest BCUT2D eigenvalue weighted by atomic mass is 9.64. The van der Waals surface area contributed by atoms with E-state index < -0.39 is 17.6 Å². The van der Waals surface area contributed by atoms with Crippen molar-refractivity contribution in [3.05, 3.63) is 33.4 Å². The maximum absolute atomic E-state index is 13.7. The maximum Gasteiger partial charge on any atom is 0.248 e. The zero-order valence-corrected chi connectivity index (χ0v) is 17.6. The van der Waals surface area contributed by atoms with E-state index in [1.165, 1.54) is 4.90 Å².